The van der Waals surface area contributed by atoms with Crippen molar-refractivity contribution in [3.63, 3.8) is 0 Å². The molecule has 2 aromatic heterocycles. The van der Waals surface area contributed by atoms with E-state index in [1.165, 1.54) is 28.5 Å². The van der Waals surface area contributed by atoms with Gasteiger partial charge in [-0.3, -0.25) is 4.79 Å². The number of benzene rings is 2. The maximum Gasteiger partial charge on any atom is 0.237 e. The molecule has 1 aliphatic rings. The van der Waals surface area contributed by atoms with Crippen LogP contribution in [0.2, 0.25) is 0 Å². The van der Waals surface area contributed by atoms with Gasteiger partial charge < -0.3 is 4.90 Å². The first kappa shape index (κ1) is 19.8. The number of carbonyl (C=O) groups is 1. The fraction of sp³-hybridized carbons (Fsp3) is 0.250. The van der Waals surface area contributed by atoms with E-state index in [4.69, 9.17) is 0 Å². The zero-order valence-corrected chi connectivity index (χ0v) is 18.6. The first-order valence-electron chi connectivity index (χ1n) is 10.3. The Hall–Kier alpha value is -3.19. The molecule has 0 atom stereocenters. The van der Waals surface area contributed by atoms with Gasteiger partial charge in [-0.15, -0.1) is 5.10 Å². The maximum absolute atomic E-state index is 13.0. The molecule has 0 fully saturated rings. The smallest absolute Gasteiger partial charge is 0.237 e. The largest absolute Gasteiger partial charge is 0.311 e. The van der Waals surface area contributed by atoms with Gasteiger partial charge in [-0.2, -0.15) is 10.2 Å². The highest BCUT2D eigenvalue weighted by molar-refractivity contribution is 8.00. The Bertz CT molecular complexity index is 1310. The molecule has 0 saturated heterocycles. The van der Waals surface area contributed by atoms with Gasteiger partial charge >= 0.3 is 0 Å². The van der Waals surface area contributed by atoms with E-state index in [9.17, 15) is 4.79 Å². The molecule has 7 heteroatoms. The summed E-state index contributed by atoms with van der Waals surface area (Å²) in [4.78, 5) is 14.9. The van der Waals surface area contributed by atoms with Gasteiger partial charge in [-0.25, -0.2) is 4.68 Å². The number of fused-ring (bicyclic) bond motifs is 2. The zero-order chi connectivity index (χ0) is 21.5. The Morgan fingerprint density at radius 1 is 1.06 bits per heavy atom. The number of carbonyl (C=O) groups excluding carboxylic acids is 1. The second kappa shape index (κ2) is 7.81. The zero-order valence-electron chi connectivity index (χ0n) is 17.8. The first-order chi connectivity index (χ1) is 15.0. The van der Waals surface area contributed by atoms with Crippen molar-refractivity contribution < 1.29 is 4.79 Å². The van der Waals surface area contributed by atoms with Gasteiger partial charge in [-0.05, 0) is 62.1 Å². The van der Waals surface area contributed by atoms with E-state index >= 15 is 0 Å². The summed E-state index contributed by atoms with van der Waals surface area (Å²) in [7, 11) is 0. The van der Waals surface area contributed by atoms with Gasteiger partial charge in [0.05, 0.1) is 23.3 Å². The molecule has 0 spiro atoms. The minimum Gasteiger partial charge on any atom is -0.311 e. The number of hydrogen-bond acceptors (Lipinski definition) is 5. The lowest BCUT2D eigenvalue weighted by atomic mass is 10.1. The SMILES string of the molecule is Cc1ccc(-n2ncc3c(C)nnc(SCC(=O)N4CCc5ccccc54)c32)cc1C. The van der Waals surface area contributed by atoms with E-state index in [1.54, 1.807) is 0 Å². The number of nitrogens with zero attached hydrogens (tertiary/aromatic N) is 5. The average Bonchev–Trinajstić information content (AvgIpc) is 3.40. The van der Waals surface area contributed by atoms with Crippen LogP contribution in [0, 0.1) is 20.8 Å². The third-order valence-electron chi connectivity index (χ3n) is 5.91. The lowest BCUT2D eigenvalue weighted by Crippen LogP contribution is -2.30. The number of anilines is 1. The highest BCUT2D eigenvalue weighted by Gasteiger charge is 2.25. The van der Waals surface area contributed by atoms with Crippen LogP contribution in [0.15, 0.2) is 53.7 Å². The minimum atomic E-state index is 0.0859. The third-order valence-corrected chi connectivity index (χ3v) is 6.85. The predicted octanol–water partition coefficient (Wildman–Crippen LogP) is 4.42. The molecule has 1 aliphatic heterocycles. The molecule has 0 N–H and O–H groups in total. The van der Waals surface area contributed by atoms with Gasteiger partial charge in [0, 0.05) is 17.6 Å². The van der Waals surface area contributed by atoms with Crippen LogP contribution in [0.4, 0.5) is 5.69 Å². The molecule has 0 aliphatic carbocycles. The second-order valence-electron chi connectivity index (χ2n) is 7.89. The summed E-state index contributed by atoms with van der Waals surface area (Å²) in [5.41, 5.74) is 7.40. The number of aryl methyl sites for hydroxylation is 3. The highest BCUT2D eigenvalue weighted by atomic mass is 32.2. The van der Waals surface area contributed by atoms with Crippen molar-refractivity contribution in [2.45, 2.75) is 32.2 Å². The van der Waals surface area contributed by atoms with Gasteiger partial charge in [0.25, 0.3) is 0 Å². The Labute approximate surface area is 185 Å². The summed E-state index contributed by atoms with van der Waals surface area (Å²) in [6, 6.07) is 14.4. The molecule has 4 aromatic rings. The van der Waals surface area contributed by atoms with E-state index in [1.807, 2.05) is 40.9 Å². The first-order valence-corrected chi connectivity index (χ1v) is 11.3. The minimum absolute atomic E-state index is 0.0859. The van der Waals surface area contributed by atoms with Crippen LogP contribution in [-0.4, -0.2) is 38.2 Å². The predicted molar refractivity (Wildman–Crippen MR) is 124 cm³/mol. The highest BCUT2D eigenvalue weighted by Crippen LogP contribution is 2.32. The van der Waals surface area contributed by atoms with Crippen LogP contribution < -0.4 is 4.90 Å². The number of para-hydroxylation sites is 1. The fourth-order valence-corrected chi connectivity index (χ4v) is 4.84. The average molecular weight is 430 g/mol. The molecule has 1 amide bonds. The quantitative estimate of drug-likeness (QED) is 0.449. The number of amides is 1. The van der Waals surface area contributed by atoms with Crippen molar-refractivity contribution in [3.05, 3.63) is 71.0 Å². The molecular weight excluding hydrogens is 406 g/mol. The van der Waals surface area contributed by atoms with Crippen molar-refractivity contribution in [1.29, 1.82) is 0 Å². The van der Waals surface area contributed by atoms with Crippen LogP contribution in [0.5, 0.6) is 0 Å². The van der Waals surface area contributed by atoms with E-state index in [0.717, 1.165) is 46.0 Å². The molecule has 6 nitrogen and oxygen atoms in total. The molecule has 2 aromatic carbocycles. The van der Waals surface area contributed by atoms with Gasteiger partial charge in [0.2, 0.25) is 5.91 Å². The second-order valence-corrected chi connectivity index (χ2v) is 8.85. The van der Waals surface area contributed by atoms with E-state index in [-0.39, 0.29) is 5.91 Å². The van der Waals surface area contributed by atoms with Crippen LogP contribution >= 0.6 is 11.8 Å². The van der Waals surface area contributed by atoms with Gasteiger partial charge in [-0.1, -0.05) is 36.0 Å². The lowest BCUT2D eigenvalue weighted by molar-refractivity contribution is -0.116. The normalized spacial score (nSPS) is 13.1. The van der Waals surface area contributed by atoms with Crippen LogP contribution in [0.25, 0.3) is 16.6 Å². The molecule has 156 valence electrons. The maximum atomic E-state index is 13.0. The Kier molecular flexibility index (Phi) is 4.98. The van der Waals surface area contributed by atoms with Crippen LogP contribution in [0.1, 0.15) is 22.4 Å². The summed E-state index contributed by atoms with van der Waals surface area (Å²) in [6.07, 6.45) is 2.73. The Balaban J connectivity index is 1.46. The van der Waals surface area contributed by atoms with E-state index < -0.39 is 0 Å². The molecule has 0 radical (unpaired) electrons. The number of aromatic nitrogens is 4. The number of rotatable bonds is 4. The van der Waals surface area contributed by atoms with Gasteiger partial charge in [0.1, 0.15) is 10.5 Å². The summed E-state index contributed by atoms with van der Waals surface area (Å²) >= 11 is 1.42. The molecule has 0 unspecified atom stereocenters. The fourth-order valence-electron chi connectivity index (χ4n) is 4.00. The van der Waals surface area contributed by atoms with Crippen molar-refractivity contribution in [2.24, 2.45) is 0 Å². The Morgan fingerprint density at radius 3 is 2.74 bits per heavy atom. The monoisotopic (exact) mass is 429 g/mol. The molecule has 31 heavy (non-hydrogen) atoms. The lowest BCUT2D eigenvalue weighted by Gasteiger charge is -2.17. The van der Waals surface area contributed by atoms with Crippen molar-refractivity contribution in [2.75, 3.05) is 17.2 Å². The van der Waals surface area contributed by atoms with Crippen molar-refractivity contribution >= 4 is 34.3 Å². The van der Waals surface area contributed by atoms with E-state index in [0.29, 0.717) is 5.75 Å². The summed E-state index contributed by atoms with van der Waals surface area (Å²) in [6.45, 7) is 6.86. The topological polar surface area (TPSA) is 63.9 Å². The molecule has 5 rings (SSSR count). The number of hydrogen-bond donors (Lipinski definition) is 0. The standard InChI is InChI=1S/C24H23N5OS/c1-15-8-9-19(12-16(15)2)29-23-20(13-25-29)17(3)26-27-24(23)31-14-22(30)28-11-10-18-6-4-5-7-21(18)28/h4-9,12-13H,10-11,14H2,1-3H3. The summed E-state index contributed by atoms with van der Waals surface area (Å²) in [5.74, 6) is 0.391. The van der Waals surface area contributed by atoms with Crippen LogP contribution in [-0.2, 0) is 11.2 Å². The molecular formula is C24H23N5OS. The summed E-state index contributed by atoms with van der Waals surface area (Å²) in [5, 5.41) is 15.0. The molecule has 0 saturated carbocycles. The van der Waals surface area contributed by atoms with Gasteiger partial charge in [0.15, 0.2) is 0 Å². The molecule has 3 heterocycles. The Morgan fingerprint density at radius 2 is 1.90 bits per heavy atom. The van der Waals surface area contributed by atoms with Crippen LogP contribution in [0.3, 0.4) is 0 Å². The molecule has 0 bridgehead atoms. The third kappa shape index (κ3) is 3.49. The summed E-state index contributed by atoms with van der Waals surface area (Å²) < 4.78 is 1.90. The van der Waals surface area contributed by atoms with E-state index in [2.05, 4.69) is 53.4 Å². The van der Waals surface area contributed by atoms with Crippen molar-refractivity contribution in [1.82, 2.24) is 20.0 Å². The van der Waals surface area contributed by atoms with Crippen molar-refractivity contribution in [3.8, 4) is 5.69 Å². The number of thioether (sulfide) groups is 1.